The molecule has 170 valence electrons. The van der Waals surface area contributed by atoms with E-state index < -0.39 is 47.6 Å². The number of rotatable bonds is 4. The molecule has 11 heteroatoms. The molecule has 0 aliphatic carbocycles. The summed E-state index contributed by atoms with van der Waals surface area (Å²) < 4.78 is 16.2. The van der Waals surface area contributed by atoms with Gasteiger partial charge in [-0.3, -0.25) is 4.79 Å². The first-order valence-corrected chi connectivity index (χ1v) is 9.49. The number of hydrogen-bond acceptors (Lipinski definition) is 11. The monoisotopic (exact) mass is 448 g/mol. The van der Waals surface area contributed by atoms with Crippen molar-refractivity contribution in [3.05, 3.63) is 46.6 Å². The van der Waals surface area contributed by atoms with Crippen LogP contribution in [0.5, 0.6) is 23.0 Å². The molecular weight excluding hydrogens is 428 g/mol. The zero-order chi connectivity index (χ0) is 23.2. The molecule has 3 aromatic rings. The number of benzene rings is 2. The minimum Gasteiger partial charge on any atom is -0.507 e. The van der Waals surface area contributed by atoms with Crippen molar-refractivity contribution in [2.24, 2.45) is 0 Å². The van der Waals surface area contributed by atoms with Gasteiger partial charge in [0.05, 0.1) is 0 Å². The van der Waals surface area contributed by atoms with E-state index in [0.29, 0.717) is 5.56 Å². The molecule has 1 fully saturated rings. The van der Waals surface area contributed by atoms with E-state index in [9.17, 15) is 40.5 Å². The molecule has 4 rings (SSSR count). The van der Waals surface area contributed by atoms with Gasteiger partial charge in [0.25, 0.3) is 0 Å². The molecule has 2 heterocycles. The lowest BCUT2D eigenvalue weighted by Gasteiger charge is -2.38. The van der Waals surface area contributed by atoms with E-state index in [0.717, 1.165) is 12.1 Å². The second-order valence-electron chi connectivity index (χ2n) is 7.34. The van der Waals surface area contributed by atoms with E-state index in [2.05, 4.69) is 0 Å². The van der Waals surface area contributed by atoms with Crippen LogP contribution in [-0.4, -0.2) is 73.1 Å². The molecule has 2 aromatic carbocycles. The van der Waals surface area contributed by atoms with Crippen LogP contribution in [0.15, 0.2) is 45.6 Å². The van der Waals surface area contributed by atoms with Crippen molar-refractivity contribution in [2.45, 2.75) is 30.7 Å². The number of aliphatic hydroxyl groups excluding tert-OH is 4. The van der Waals surface area contributed by atoms with Gasteiger partial charge in [-0.1, -0.05) is 0 Å². The van der Waals surface area contributed by atoms with Crippen LogP contribution in [0.1, 0.15) is 0 Å². The summed E-state index contributed by atoms with van der Waals surface area (Å²) in [6.07, 6.45) is -7.80. The topological polar surface area (TPSA) is 190 Å². The van der Waals surface area contributed by atoms with E-state index in [1.165, 1.54) is 24.3 Å². The molecule has 32 heavy (non-hydrogen) atoms. The molecule has 5 unspecified atom stereocenters. The molecule has 11 nitrogen and oxygen atoms in total. The Balaban J connectivity index is 1.63. The third-order valence-electron chi connectivity index (χ3n) is 5.14. The molecule has 7 N–H and O–H groups in total. The Kier molecular flexibility index (Phi) is 5.67. The maximum Gasteiger partial charge on any atom is 0.197 e. The normalized spacial score (nSPS) is 25.7. The van der Waals surface area contributed by atoms with Crippen LogP contribution in [-0.2, 0) is 4.74 Å². The van der Waals surface area contributed by atoms with Gasteiger partial charge in [0.2, 0.25) is 0 Å². The Hall–Kier alpha value is -3.35. The lowest BCUT2D eigenvalue weighted by Crippen LogP contribution is -2.58. The van der Waals surface area contributed by atoms with Gasteiger partial charge in [0.1, 0.15) is 59.3 Å². The molecule has 0 spiro atoms. The highest BCUT2D eigenvalue weighted by Gasteiger charge is 2.43. The fourth-order valence-electron chi connectivity index (χ4n) is 3.39. The summed E-state index contributed by atoms with van der Waals surface area (Å²) >= 11 is 0. The quantitative estimate of drug-likeness (QED) is 0.261. The van der Waals surface area contributed by atoms with Crippen LogP contribution in [0.4, 0.5) is 0 Å². The van der Waals surface area contributed by atoms with Crippen LogP contribution in [0.3, 0.4) is 0 Å². The number of phenols is 3. The maximum atomic E-state index is 12.5. The van der Waals surface area contributed by atoms with Crippen molar-refractivity contribution in [2.75, 3.05) is 6.61 Å². The van der Waals surface area contributed by atoms with E-state index in [1.807, 2.05) is 0 Å². The van der Waals surface area contributed by atoms with Gasteiger partial charge in [0, 0.05) is 23.8 Å². The summed E-state index contributed by atoms with van der Waals surface area (Å²) in [5.41, 5.74) is -0.315. The summed E-state index contributed by atoms with van der Waals surface area (Å²) in [6, 6.07) is 7.41. The maximum absolute atomic E-state index is 12.5. The Labute approximate surface area is 179 Å². The van der Waals surface area contributed by atoms with Gasteiger partial charge in [-0.15, -0.1) is 0 Å². The van der Waals surface area contributed by atoms with Crippen molar-refractivity contribution < 1.29 is 49.6 Å². The summed E-state index contributed by atoms with van der Waals surface area (Å²) in [6.45, 7) is -0.372. The Morgan fingerprint density at radius 3 is 2.31 bits per heavy atom. The zero-order valence-electron chi connectivity index (χ0n) is 16.3. The van der Waals surface area contributed by atoms with E-state index in [1.54, 1.807) is 0 Å². The molecule has 0 amide bonds. The highest BCUT2D eigenvalue weighted by molar-refractivity contribution is 5.86. The second kappa shape index (κ2) is 8.30. The highest BCUT2D eigenvalue weighted by atomic mass is 16.6. The molecule has 1 aromatic heterocycles. The van der Waals surface area contributed by atoms with Crippen molar-refractivity contribution in [1.29, 1.82) is 0 Å². The predicted octanol–water partition coefficient (Wildman–Crippen LogP) is -0.245. The molecule has 1 aliphatic rings. The predicted molar refractivity (Wildman–Crippen MR) is 107 cm³/mol. The third kappa shape index (κ3) is 3.95. The van der Waals surface area contributed by atoms with Gasteiger partial charge < -0.3 is 49.6 Å². The van der Waals surface area contributed by atoms with Gasteiger partial charge >= 0.3 is 0 Å². The summed E-state index contributed by atoms with van der Waals surface area (Å²) in [7, 11) is 0. The first kappa shape index (κ1) is 21.9. The molecular formula is C21H20O11. The van der Waals surface area contributed by atoms with E-state index >= 15 is 0 Å². The molecule has 0 bridgehead atoms. The number of ether oxygens (including phenoxy) is 2. The van der Waals surface area contributed by atoms with Gasteiger partial charge in [-0.25, -0.2) is 0 Å². The second-order valence-corrected chi connectivity index (χ2v) is 7.34. The molecule has 0 saturated carbocycles. The average molecular weight is 448 g/mol. The fourth-order valence-corrected chi connectivity index (χ4v) is 3.39. The first-order valence-electron chi connectivity index (χ1n) is 9.49. The first-order chi connectivity index (χ1) is 15.2. The van der Waals surface area contributed by atoms with Gasteiger partial charge in [-0.05, 0) is 18.2 Å². The Morgan fingerprint density at radius 1 is 0.844 bits per heavy atom. The molecule has 5 atom stereocenters. The van der Waals surface area contributed by atoms with E-state index in [-0.39, 0.29) is 34.8 Å². The van der Waals surface area contributed by atoms with Crippen molar-refractivity contribution in [1.82, 2.24) is 0 Å². The van der Waals surface area contributed by atoms with E-state index in [4.69, 9.17) is 13.9 Å². The minimum absolute atomic E-state index is 0.0229. The lowest BCUT2D eigenvalue weighted by molar-refractivity contribution is -0.285. The standard InChI is InChI=1S/C21H20O11/c22-10-2-1-8(3-11(10)23)14-6-13(25)17-12(24)4-9(5-15(17)31-14)30-7-16-18(26)19(27)20(28)21(29)32-16/h1-6,16,18-24,26-29H,7H2. The number of phenolic OH excluding ortho intramolecular Hbond substituents is 3. The van der Waals surface area contributed by atoms with Crippen LogP contribution < -0.4 is 10.2 Å². The SMILES string of the molecule is O=c1cc(-c2ccc(O)c(O)c2)oc2cc(OCC3OC(O)C(O)C(O)C3O)cc(O)c12. The number of aliphatic hydroxyl groups is 4. The number of fused-ring (bicyclic) bond motifs is 1. The largest absolute Gasteiger partial charge is 0.507 e. The lowest BCUT2D eigenvalue weighted by atomic mass is 9.99. The fraction of sp³-hybridized carbons (Fsp3) is 0.286. The van der Waals surface area contributed by atoms with Crippen LogP contribution >= 0.6 is 0 Å². The Bertz CT molecular complexity index is 1200. The summed E-state index contributed by atoms with van der Waals surface area (Å²) in [4.78, 5) is 12.5. The van der Waals surface area contributed by atoms with Crippen LogP contribution in [0, 0.1) is 0 Å². The zero-order valence-corrected chi connectivity index (χ0v) is 16.3. The average Bonchev–Trinajstić information content (AvgIpc) is 2.75. The van der Waals surface area contributed by atoms with Gasteiger partial charge in [-0.2, -0.15) is 0 Å². The van der Waals surface area contributed by atoms with Crippen molar-refractivity contribution >= 4 is 11.0 Å². The van der Waals surface area contributed by atoms with Gasteiger partial charge in [0.15, 0.2) is 23.2 Å². The number of aromatic hydroxyl groups is 3. The molecule has 1 aliphatic heterocycles. The van der Waals surface area contributed by atoms with Crippen LogP contribution in [0.25, 0.3) is 22.3 Å². The van der Waals surface area contributed by atoms with Crippen molar-refractivity contribution in [3.63, 3.8) is 0 Å². The summed E-state index contributed by atoms with van der Waals surface area (Å²) in [5, 5.41) is 68.2. The van der Waals surface area contributed by atoms with Crippen LogP contribution in [0.2, 0.25) is 0 Å². The highest BCUT2D eigenvalue weighted by Crippen LogP contribution is 2.34. The molecule has 0 radical (unpaired) electrons. The summed E-state index contributed by atoms with van der Waals surface area (Å²) in [5.74, 6) is -1.12. The Morgan fingerprint density at radius 2 is 1.59 bits per heavy atom. The smallest absolute Gasteiger partial charge is 0.197 e. The third-order valence-corrected chi connectivity index (χ3v) is 5.14. The molecule has 1 saturated heterocycles. The minimum atomic E-state index is -1.73. The van der Waals surface area contributed by atoms with Crippen molar-refractivity contribution in [3.8, 4) is 34.3 Å². The number of hydrogen-bond donors (Lipinski definition) is 7.